The van der Waals surface area contributed by atoms with Crippen molar-refractivity contribution in [1.82, 2.24) is 0 Å². The summed E-state index contributed by atoms with van der Waals surface area (Å²) in [7, 11) is 9.22. The number of aliphatic hydroxyl groups excluding tert-OH is 2. The normalized spacial score (nSPS) is 11.4. The molecule has 44 heteroatoms. The highest BCUT2D eigenvalue weighted by Gasteiger charge is 2.41. The number of aliphatic hydroxyl groups is 3. The monoisotopic (exact) mass is 1350 g/mol. The molecule has 0 saturated carbocycles. The fraction of sp³-hybridized carbons (Fsp3) is 0.583. The zero-order chi connectivity index (χ0) is 73.0. The number of esters is 6. The summed E-state index contributed by atoms with van der Waals surface area (Å²) in [6, 6.07) is 0. The topological polar surface area (TPSA) is 679 Å². The largest absolute Gasteiger partial charge is 0.481 e. The van der Waals surface area contributed by atoms with E-state index in [1.807, 2.05) is 0 Å². The molecule has 92 heavy (non-hydrogen) atoms. The Bertz CT molecular complexity index is 2340. The van der Waals surface area contributed by atoms with Crippen molar-refractivity contribution in [2.75, 3.05) is 104 Å². The molecule has 0 aliphatic rings. The Morgan fingerprint density at radius 1 is 0.424 bits per heavy atom. The van der Waals surface area contributed by atoms with E-state index in [4.69, 9.17) is 56.2 Å². The van der Waals surface area contributed by atoms with E-state index in [0.29, 0.717) is 6.08 Å². The van der Waals surface area contributed by atoms with E-state index in [0.717, 1.165) is 6.08 Å². The van der Waals surface area contributed by atoms with Gasteiger partial charge in [0.1, 0.15) is 19.3 Å². The molecule has 0 heterocycles. The Labute approximate surface area is 517 Å². The average molecular weight is 1350 g/mol. The van der Waals surface area contributed by atoms with E-state index in [1.54, 1.807) is 0 Å². The minimum atomic E-state index is -2.67. The van der Waals surface area contributed by atoms with Gasteiger partial charge in [-0.1, -0.05) is 0 Å². The number of hydrogen-bond donors (Lipinski definition) is 12. The van der Waals surface area contributed by atoms with Gasteiger partial charge in [0, 0.05) is 68.3 Å². The zero-order valence-electron chi connectivity index (χ0n) is 49.8. The lowest BCUT2D eigenvalue weighted by molar-refractivity contribution is -0.175. The van der Waals surface area contributed by atoms with Gasteiger partial charge >= 0.3 is 89.5 Å². The van der Waals surface area contributed by atoms with Crippen LogP contribution in [0.5, 0.6) is 0 Å². The molecule has 0 radical (unpaired) electrons. The summed E-state index contributed by atoms with van der Waals surface area (Å²) in [4.78, 5) is 188. The van der Waals surface area contributed by atoms with Crippen LogP contribution in [0.15, 0.2) is 12.2 Å². The highest BCUT2D eigenvalue weighted by molar-refractivity contribution is 6.36. The number of ketones is 3. The Hall–Kier alpha value is -9.64. The van der Waals surface area contributed by atoms with Crippen LogP contribution in [0.3, 0.4) is 0 Å². The fourth-order valence-corrected chi connectivity index (χ4v) is 3.98. The molecule has 0 aromatic carbocycles. The molecule has 0 amide bonds. The number of Topliss-reactive ketones (excluding diaryl/α,β-unsaturated/α-hetero) is 3. The van der Waals surface area contributed by atoms with Crippen molar-refractivity contribution >= 4 is 107 Å². The molecule has 44 nitrogen and oxygen atoms in total. The molecule has 0 aliphatic heterocycles. The predicted octanol–water partition coefficient (Wildman–Crippen LogP) is -4.99. The molecule has 0 saturated heterocycles. The van der Waals surface area contributed by atoms with Crippen molar-refractivity contribution < 1.29 is 214 Å². The number of carboxylic acid groups (broad SMARTS) is 9. The number of rotatable bonds is 41. The van der Waals surface area contributed by atoms with Crippen molar-refractivity contribution in [3.8, 4) is 0 Å². The standard InChI is InChI=1S/2C8H12O8.2C7H10O6.C6H10O6.C6H10O5.C6H8O5/c1-15-4-16-6(11)3-8(14,7(12)13)2-5(9)10;1-15-3-16-5(9)2-4(7(11)12)6(10)8(13)14;1-12-4-13-3-5(8)2-6(9)7(10)11;1-12-4-13-7(11)5(8)2-3-6(9)10;1-11-3-12-6(10)4(7)2-5(8)9;2*1-10-4-11-6(9)3-2-5(7)8/h14H,2-4H2,1H3,(H,9,10)(H,12,13);4,6,10H,2-3H2,1H3,(H,11,12)(H,13,14);2-4H2,1H3,(H,10,11);2-4H2,1H3,(H,9,10);4,7H,2-3H2,1H3,(H,8,9);2-4H2,1H3,(H,7,8);2-3H,4H2,1H3,(H,7,8)/b;;;;;;3-2+. The van der Waals surface area contributed by atoms with Crippen molar-refractivity contribution in [3.63, 3.8) is 0 Å². The molecule has 12 N–H and O–H groups in total. The molecule has 0 aromatic rings. The fourth-order valence-electron chi connectivity index (χ4n) is 3.98. The lowest BCUT2D eigenvalue weighted by atomic mass is 9.96. The first-order valence-corrected chi connectivity index (χ1v) is 24.1. The molecule has 4 atom stereocenters. The van der Waals surface area contributed by atoms with Crippen molar-refractivity contribution in [2.45, 2.75) is 75.6 Å². The molecule has 0 fully saturated rings. The SMILES string of the molecule is COCOC(=O)/C=C/C(=O)O.COCOC(=O)C(=O)CCC(=O)O.COCOC(=O)C(O)CC(=O)O.COCOC(=O)CC(C(=O)O)C(O)C(=O)O.COCOC(=O)CC(O)(CC(=O)O)C(=O)O.COCOC(=O)CCC(=O)O.COCOCC(=O)CC(=O)C(=O)O. The maximum absolute atomic E-state index is 11.0. The summed E-state index contributed by atoms with van der Waals surface area (Å²) in [5.74, 6) is -22.6. The minimum Gasteiger partial charge on any atom is -0.481 e. The molecule has 0 aromatic heterocycles. The number of ether oxygens (including phenoxy) is 14. The van der Waals surface area contributed by atoms with Gasteiger partial charge in [-0.05, 0) is 0 Å². The second-order valence-corrected chi connectivity index (χ2v) is 15.6. The van der Waals surface area contributed by atoms with Gasteiger partial charge in [-0.15, -0.1) is 0 Å². The Morgan fingerprint density at radius 3 is 1.26 bits per heavy atom. The molecule has 0 rings (SSSR count). The average Bonchev–Trinajstić information content (AvgIpc) is 1.09. The van der Waals surface area contributed by atoms with E-state index in [9.17, 15) is 91.4 Å². The zero-order valence-corrected chi connectivity index (χ0v) is 49.8. The van der Waals surface area contributed by atoms with Crippen molar-refractivity contribution in [1.29, 1.82) is 0 Å². The van der Waals surface area contributed by atoms with Gasteiger partial charge in [-0.25, -0.2) is 33.6 Å². The summed E-state index contributed by atoms with van der Waals surface area (Å²) < 4.78 is 61.4. The van der Waals surface area contributed by atoms with Gasteiger partial charge in [-0.3, -0.25) is 52.7 Å². The Morgan fingerprint density at radius 2 is 0.859 bits per heavy atom. The summed E-state index contributed by atoms with van der Waals surface area (Å²) in [6.07, 6.45) is -7.43. The molecule has 0 spiro atoms. The number of hydrogen-bond acceptors (Lipinski definition) is 35. The van der Waals surface area contributed by atoms with Crippen LogP contribution in [0.1, 0.15) is 57.8 Å². The van der Waals surface area contributed by atoms with E-state index >= 15 is 0 Å². The highest BCUT2D eigenvalue weighted by Crippen LogP contribution is 2.17. The lowest BCUT2D eigenvalue weighted by Gasteiger charge is -2.19. The second-order valence-electron chi connectivity index (χ2n) is 15.6. The smallest absolute Gasteiger partial charge is 0.376 e. The minimum absolute atomic E-state index is 0.0625. The quantitative estimate of drug-likeness (QED) is 0.00519. The number of aliphatic carboxylic acids is 9. The molecule has 0 bridgehead atoms. The summed E-state index contributed by atoms with van der Waals surface area (Å²) in [6.45, 7) is -2.05. The van der Waals surface area contributed by atoms with E-state index in [-0.39, 0.29) is 73.0 Å². The van der Waals surface area contributed by atoms with Crippen LogP contribution < -0.4 is 0 Å². The third kappa shape index (κ3) is 67.9. The predicted molar refractivity (Wildman–Crippen MR) is 281 cm³/mol. The third-order valence-corrected chi connectivity index (χ3v) is 7.97. The van der Waals surface area contributed by atoms with E-state index in [1.165, 1.54) is 49.8 Å². The number of carbonyl (C=O) groups is 18. The first-order chi connectivity index (χ1) is 42.8. The van der Waals surface area contributed by atoms with Crippen LogP contribution in [-0.4, -0.2) is 290 Å². The van der Waals surface area contributed by atoms with Gasteiger partial charge in [0.25, 0.3) is 0 Å². The summed E-state index contributed by atoms with van der Waals surface area (Å²) in [5.41, 5.74) is -2.67. The van der Waals surface area contributed by atoms with Crippen LogP contribution in [0, 0.1) is 5.92 Å². The van der Waals surface area contributed by atoms with Crippen LogP contribution in [-0.2, 0) is 153 Å². The molecular formula is C48H72O44. The van der Waals surface area contributed by atoms with Crippen molar-refractivity contribution in [2.24, 2.45) is 5.92 Å². The molecular weight excluding hydrogens is 1280 g/mol. The van der Waals surface area contributed by atoms with Crippen LogP contribution in [0.2, 0.25) is 0 Å². The second kappa shape index (κ2) is 61.6. The van der Waals surface area contributed by atoms with Gasteiger partial charge < -0.3 is 128 Å². The van der Waals surface area contributed by atoms with Gasteiger partial charge in [0.2, 0.25) is 11.6 Å². The van der Waals surface area contributed by atoms with E-state index < -0.39 is 170 Å². The maximum atomic E-state index is 11.0. The molecule has 0 aliphatic carbocycles. The van der Waals surface area contributed by atoms with Gasteiger partial charge in [0.15, 0.2) is 64.3 Å². The maximum Gasteiger partial charge on any atom is 0.376 e. The summed E-state index contributed by atoms with van der Waals surface area (Å²) >= 11 is 0. The van der Waals surface area contributed by atoms with Gasteiger partial charge in [-0.2, -0.15) is 0 Å². The van der Waals surface area contributed by atoms with E-state index in [2.05, 4.69) is 66.3 Å². The first kappa shape index (κ1) is 96.0. The first-order valence-electron chi connectivity index (χ1n) is 24.1. The lowest BCUT2D eigenvalue weighted by Crippen LogP contribution is -2.43. The van der Waals surface area contributed by atoms with Gasteiger partial charge in [0.05, 0.1) is 51.4 Å². The number of carbonyl (C=O) groups excluding carboxylic acids is 9. The Balaban J connectivity index is -0.000000184. The third-order valence-electron chi connectivity index (χ3n) is 7.97. The van der Waals surface area contributed by atoms with Crippen LogP contribution >= 0.6 is 0 Å². The molecule has 4 unspecified atom stereocenters. The van der Waals surface area contributed by atoms with Crippen molar-refractivity contribution in [3.05, 3.63) is 12.2 Å². The highest BCUT2D eigenvalue weighted by atomic mass is 16.7. The number of carboxylic acids is 9. The molecule has 528 valence electrons. The summed E-state index contributed by atoms with van der Waals surface area (Å²) in [5, 5.41) is 102. The number of methoxy groups -OCH3 is 7. The van der Waals surface area contributed by atoms with Crippen LogP contribution in [0.25, 0.3) is 0 Å². The Kier molecular flexibility index (Phi) is 64.3. The van der Waals surface area contributed by atoms with Crippen LogP contribution in [0.4, 0.5) is 0 Å².